The molecule has 2 aromatic rings. The molecule has 1 aliphatic rings. The number of hydrogen-bond acceptors (Lipinski definition) is 5. The van der Waals surface area contributed by atoms with Crippen LogP contribution in [0.15, 0.2) is 53.4 Å². The Morgan fingerprint density at radius 1 is 1.09 bits per heavy atom. The molecule has 7 nitrogen and oxygen atoms in total. The van der Waals surface area contributed by atoms with Gasteiger partial charge in [-0.05, 0) is 50.3 Å². The van der Waals surface area contributed by atoms with Gasteiger partial charge >= 0.3 is 6.18 Å². The molecule has 192 valence electrons. The number of anilines is 1. The molecule has 0 aliphatic carbocycles. The van der Waals surface area contributed by atoms with E-state index in [4.69, 9.17) is 11.6 Å². The Kier molecular flexibility index (Phi) is 9.03. The fourth-order valence-electron chi connectivity index (χ4n) is 3.69. The Hall–Kier alpha value is -2.34. The number of benzene rings is 2. The summed E-state index contributed by atoms with van der Waals surface area (Å²) < 4.78 is 67.3. The number of likely N-dealkylation sites (N-methyl/N-ethyl adjacent to an activating group) is 1. The summed E-state index contributed by atoms with van der Waals surface area (Å²) >= 11 is 6.13. The van der Waals surface area contributed by atoms with Crippen LogP contribution in [0.1, 0.15) is 12.0 Å². The number of nitrogens with one attached hydrogen (secondary N) is 1. The minimum atomic E-state index is -4.72. The number of carbonyl (C=O) groups excluding carboxylic acids is 1. The Morgan fingerprint density at radius 2 is 1.74 bits per heavy atom. The standard InChI is InChI=1S/C23H28ClF3N4O3S/c1-29-12-14-30(15-13-29)11-5-10-28-22(32)17-31(35(33,34)19-6-3-2-4-7-19)21-16-18(23(25,26)27)8-9-20(21)24/h2-4,6-9,16H,5,10-15,17H2,1H3,(H,28,32). The predicted molar refractivity (Wildman–Crippen MR) is 129 cm³/mol. The maximum Gasteiger partial charge on any atom is 0.416 e. The topological polar surface area (TPSA) is 73.0 Å². The average Bonchev–Trinajstić information content (AvgIpc) is 2.82. The molecule has 1 fully saturated rings. The van der Waals surface area contributed by atoms with Gasteiger partial charge in [-0.25, -0.2) is 8.42 Å². The van der Waals surface area contributed by atoms with Crippen LogP contribution in [0.25, 0.3) is 0 Å². The summed E-state index contributed by atoms with van der Waals surface area (Å²) in [5.74, 6) is -0.642. The molecular formula is C23H28ClF3N4O3S. The van der Waals surface area contributed by atoms with Gasteiger partial charge in [0.15, 0.2) is 0 Å². The highest BCUT2D eigenvalue weighted by Gasteiger charge is 2.34. The van der Waals surface area contributed by atoms with Crippen LogP contribution in [0.3, 0.4) is 0 Å². The van der Waals surface area contributed by atoms with E-state index >= 15 is 0 Å². The van der Waals surface area contributed by atoms with Crippen LogP contribution in [0.5, 0.6) is 0 Å². The quantitative estimate of drug-likeness (QED) is 0.502. The number of piperazine rings is 1. The summed E-state index contributed by atoms with van der Waals surface area (Å²) in [4.78, 5) is 17.0. The lowest BCUT2D eigenvalue weighted by Gasteiger charge is -2.32. The number of halogens is 4. The van der Waals surface area contributed by atoms with E-state index in [1.807, 2.05) is 0 Å². The largest absolute Gasteiger partial charge is 0.416 e. The maximum absolute atomic E-state index is 13.3. The van der Waals surface area contributed by atoms with E-state index in [2.05, 4.69) is 22.2 Å². The summed E-state index contributed by atoms with van der Waals surface area (Å²) in [6.45, 7) is 4.17. The van der Waals surface area contributed by atoms with E-state index in [1.165, 1.54) is 24.3 Å². The number of alkyl halides is 3. The molecule has 0 saturated carbocycles. The average molecular weight is 533 g/mol. The first-order valence-corrected chi connectivity index (χ1v) is 12.9. The number of sulfonamides is 1. The third-order valence-electron chi connectivity index (χ3n) is 5.73. The second-order valence-electron chi connectivity index (χ2n) is 8.34. The molecule has 3 rings (SSSR count). The second-order valence-corrected chi connectivity index (χ2v) is 10.6. The molecule has 1 amide bonds. The molecule has 1 aliphatic heterocycles. The van der Waals surface area contributed by atoms with Gasteiger partial charge < -0.3 is 15.1 Å². The van der Waals surface area contributed by atoms with Gasteiger partial charge in [0.1, 0.15) is 6.54 Å². The number of nitrogens with zero attached hydrogens (tertiary/aromatic N) is 3. The van der Waals surface area contributed by atoms with Gasteiger partial charge in [-0.1, -0.05) is 29.8 Å². The number of rotatable bonds is 9. The van der Waals surface area contributed by atoms with Crippen molar-refractivity contribution in [2.75, 3.05) is 57.2 Å². The summed E-state index contributed by atoms with van der Waals surface area (Å²) in [5.41, 5.74) is -1.49. The van der Waals surface area contributed by atoms with Gasteiger partial charge in [0.2, 0.25) is 5.91 Å². The number of carbonyl (C=O) groups is 1. The minimum Gasteiger partial charge on any atom is -0.354 e. The van der Waals surface area contributed by atoms with Crippen molar-refractivity contribution in [3.63, 3.8) is 0 Å². The zero-order valence-corrected chi connectivity index (χ0v) is 20.8. The van der Waals surface area contributed by atoms with Crippen LogP contribution in [-0.4, -0.2) is 77.0 Å². The molecule has 0 aromatic heterocycles. The van der Waals surface area contributed by atoms with Crippen LogP contribution in [0.2, 0.25) is 5.02 Å². The first-order valence-electron chi connectivity index (χ1n) is 11.1. The van der Waals surface area contributed by atoms with Crippen LogP contribution in [0.4, 0.5) is 18.9 Å². The molecule has 1 saturated heterocycles. The highest BCUT2D eigenvalue weighted by atomic mass is 35.5. The Morgan fingerprint density at radius 3 is 2.37 bits per heavy atom. The van der Waals surface area contributed by atoms with Crippen molar-refractivity contribution in [1.29, 1.82) is 0 Å². The zero-order valence-electron chi connectivity index (χ0n) is 19.3. The monoisotopic (exact) mass is 532 g/mol. The predicted octanol–water partition coefficient (Wildman–Crippen LogP) is 3.31. The van der Waals surface area contributed by atoms with Gasteiger partial charge in [0.05, 0.1) is 21.2 Å². The molecule has 0 unspecified atom stereocenters. The molecule has 12 heteroatoms. The SMILES string of the molecule is CN1CCN(CCCNC(=O)CN(c2cc(C(F)(F)F)ccc2Cl)S(=O)(=O)c2ccccc2)CC1. The molecule has 0 spiro atoms. The van der Waals surface area contributed by atoms with Crippen molar-refractivity contribution in [2.45, 2.75) is 17.5 Å². The lowest BCUT2D eigenvalue weighted by molar-refractivity contribution is -0.137. The Labute approximate surface area is 208 Å². The number of hydrogen-bond donors (Lipinski definition) is 1. The normalized spacial score (nSPS) is 15.7. The third-order valence-corrected chi connectivity index (χ3v) is 7.82. The number of amides is 1. The van der Waals surface area contributed by atoms with Crippen molar-refractivity contribution < 1.29 is 26.4 Å². The molecule has 1 heterocycles. The Bertz CT molecular complexity index is 1110. The van der Waals surface area contributed by atoms with E-state index in [9.17, 15) is 26.4 Å². The molecule has 0 bridgehead atoms. The Balaban J connectivity index is 1.76. The van der Waals surface area contributed by atoms with Crippen molar-refractivity contribution in [3.05, 3.63) is 59.1 Å². The van der Waals surface area contributed by atoms with Crippen molar-refractivity contribution in [3.8, 4) is 0 Å². The van der Waals surface area contributed by atoms with Crippen molar-refractivity contribution >= 4 is 33.2 Å². The molecular weight excluding hydrogens is 505 g/mol. The molecule has 35 heavy (non-hydrogen) atoms. The molecule has 2 aromatic carbocycles. The van der Waals surface area contributed by atoms with Gasteiger partial charge in [-0.15, -0.1) is 0 Å². The minimum absolute atomic E-state index is 0.170. The third kappa shape index (κ3) is 7.33. The van der Waals surface area contributed by atoms with E-state index in [-0.39, 0.29) is 9.92 Å². The van der Waals surface area contributed by atoms with Crippen LogP contribution < -0.4 is 9.62 Å². The highest BCUT2D eigenvalue weighted by molar-refractivity contribution is 7.92. The van der Waals surface area contributed by atoms with Gasteiger partial charge in [-0.3, -0.25) is 9.10 Å². The van der Waals surface area contributed by atoms with Crippen LogP contribution in [-0.2, 0) is 21.0 Å². The molecule has 1 N–H and O–H groups in total. The van der Waals surface area contributed by atoms with Crippen LogP contribution >= 0.6 is 11.6 Å². The van der Waals surface area contributed by atoms with Crippen molar-refractivity contribution in [2.24, 2.45) is 0 Å². The molecule has 0 radical (unpaired) electrons. The van der Waals surface area contributed by atoms with Gasteiger partial charge in [0, 0.05) is 32.7 Å². The van der Waals surface area contributed by atoms with Crippen LogP contribution in [0, 0.1) is 0 Å². The van der Waals surface area contributed by atoms with E-state index in [0.29, 0.717) is 23.3 Å². The second kappa shape index (κ2) is 11.6. The fourth-order valence-corrected chi connectivity index (χ4v) is 5.41. The van der Waals surface area contributed by atoms with E-state index in [0.717, 1.165) is 44.9 Å². The van der Waals surface area contributed by atoms with E-state index in [1.54, 1.807) is 6.07 Å². The first-order chi connectivity index (χ1) is 16.5. The first kappa shape index (κ1) is 27.3. The smallest absolute Gasteiger partial charge is 0.354 e. The summed E-state index contributed by atoms with van der Waals surface area (Å²) in [6.07, 6.45) is -4.06. The zero-order chi connectivity index (χ0) is 25.6. The summed E-state index contributed by atoms with van der Waals surface area (Å²) in [6, 6.07) is 9.56. The summed E-state index contributed by atoms with van der Waals surface area (Å²) in [7, 11) is -2.32. The van der Waals surface area contributed by atoms with Gasteiger partial charge in [0.25, 0.3) is 10.0 Å². The maximum atomic E-state index is 13.3. The fraction of sp³-hybridized carbons (Fsp3) is 0.435. The lowest BCUT2D eigenvalue weighted by atomic mass is 10.2. The van der Waals surface area contributed by atoms with Gasteiger partial charge in [-0.2, -0.15) is 13.2 Å². The molecule has 0 atom stereocenters. The lowest BCUT2D eigenvalue weighted by Crippen LogP contribution is -2.45. The van der Waals surface area contributed by atoms with Crippen molar-refractivity contribution in [1.82, 2.24) is 15.1 Å². The highest BCUT2D eigenvalue weighted by Crippen LogP contribution is 2.37. The van der Waals surface area contributed by atoms with E-state index < -0.39 is 39.9 Å². The summed E-state index contributed by atoms with van der Waals surface area (Å²) in [5, 5.41) is 2.45.